The number of likely N-dealkylation sites (tertiary alicyclic amines) is 1. The molecule has 0 spiro atoms. The minimum atomic E-state index is -0.241. The number of carbonyl (C=O) groups is 2. The van der Waals surface area contributed by atoms with Gasteiger partial charge in [0.1, 0.15) is 6.04 Å². The molecule has 3 rings (SSSR count). The van der Waals surface area contributed by atoms with Crippen molar-refractivity contribution in [3.8, 4) is 0 Å². The van der Waals surface area contributed by atoms with Crippen molar-refractivity contribution in [2.24, 2.45) is 5.92 Å². The van der Waals surface area contributed by atoms with Gasteiger partial charge in [0, 0.05) is 19.0 Å². The van der Waals surface area contributed by atoms with Crippen LogP contribution in [0.1, 0.15) is 64.2 Å². The molecule has 2 atom stereocenters. The van der Waals surface area contributed by atoms with Crippen LogP contribution in [-0.4, -0.2) is 35.3 Å². The average molecular weight is 278 g/mol. The quantitative estimate of drug-likeness (QED) is 0.860. The van der Waals surface area contributed by atoms with E-state index in [2.05, 4.69) is 10.2 Å². The van der Waals surface area contributed by atoms with Crippen LogP contribution in [0.2, 0.25) is 0 Å². The highest BCUT2D eigenvalue weighted by atomic mass is 16.2. The van der Waals surface area contributed by atoms with Crippen molar-refractivity contribution < 1.29 is 9.59 Å². The van der Waals surface area contributed by atoms with E-state index >= 15 is 0 Å². The Bertz CT molecular complexity index is 377. The lowest BCUT2D eigenvalue weighted by Gasteiger charge is -2.31. The summed E-state index contributed by atoms with van der Waals surface area (Å²) in [4.78, 5) is 25.9. The minimum Gasteiger partial charge on any atom is -0.344 e. The Kier molecular flexibility index (Phi) is 4.27. The summed E-state index contributed by atoms with van der Waals surface area (Å²) >= 11 is 0. The fourth-order valence-electron chi connectivity index (χ4n) is 4.18. The molecule has 20 heavy (non-hydrogen) atoms. The Hall–Kier alpha value is -1.06. The van der Waals surface area contributed by atoms with E-state index in [1.54, 1.807) is 0 Å². The van der Waals surface area contributed by atoms with Gasteiger partial charge in [0.05, 0.1) is 0 Å². The fourth-order valence-corrected chi connectivity index (χ4v) is 4.18. The zero-order chi connectivity index (χ0) is 13.9. The molecule has 4 heteroatoms. The van der Waals surface area contributed by atoms with E-state index < -0.39 is 0 Å². The van der Waals surface area contributed by atoms with Crippen LogP contribution in [0, 0.1) is 5.92 Å². The van der Waals surface area contributed by atoms with Crippen LogP contribution in [0.5, 0.6) is 0 Å². The van der Waals surface area contributed by atoms with Crippen LogP contribution < -0.4 is 5.32 Å². The molecule has 0 radical (unpaired) electrons. The summed E-state index contributed by atoms with van der Waals surface area (Å²) in [6, 6.07) is 0.192. The lowest BCUT2D eigenvalue weighted by atomic mass is 9.84. The van der Waals surface area contributed by atoms with Crippen molar-refractivity contribution in [3.05, 3.63) is 0 Å². The summed E-state index contributed by atoms with van der Waals surface area (Å²) < 4.78 is 0. The van der Waals surface area contributed by atoms with E-state index in [1.165, 1.54) is 38.5 Å². The summed E-state index contributed by atoms with van der Waals surface area (Å²) in [6.45, 7) is 0.891. The van der Waals surface area contributed by atoms with Crippen molar-refractivity contribution in [1.82, 2.24) is 10.2 Å². The molecule has 112 valence electrons. The van der Waals surface area contributed by atoms with Gasteiger partial charge in [-0.1, -0.05) is 32.1 Å². The molecular formula is C16H26N2O2. The Balaban J connectivity index is 1.57. The first kappa shape index (κ1) is 13.9. The van der Waals surface area contributed by atoms with E-state index in [0.717, 1.165) is 25.3 Å². The first-order chi connectivity index (χ1) is 9.74. The molecule has 0 bridgehead atoms. The van der Waals surface area contributed by atoms with Crippen molar-refractivity contribution in [3.63, 3.8) is 0 Å². The molecule has 0 aromatic rings. The van der Waals surface area contributed by atoms with Gasteiger partial charge in [0.15, 0.2) is 0 Å². The molecule has 1 N–H and O–H groups in total. The Morgan fingerprint density at radius 1 is 1.10 bits per heavy atom. The molecule has 3 aliphatic rings. The third kappa shape index (κ3) is 2.99. The van der Waals surface area contributed by atoms with Crippen molar-refractivity contribution in [2.75, 3.05) is 6.54 Å². The second kappa shape index (κ2) is 6.15. The maximum absolute atomic E-state index is 12.6. The Labute approximate surface area is 121 Å². The van der Waals surface area contributed by atoms with Crippen LogP contribution in [0.3, 0.4) is 0 Å². The predicted molar refractivity (Wildman–Crippen MR) is 77.1 cm³/mol. The van der Waals surface area contributed by atoms with Crippen LogP contribution in [0.25, 0.3) is 0 Å². The molecule has 2 heterocycles. The number of rotatable bonds is 3. The van der Waals surface area contributed by atoms with E-state index in [9.17, 15) is 9.59 Å². The highest BCUT2D eigenvalue weighted by molar-refractivity contribution is 5.91. The molecule has 4 nitrogen and oxygen atoms in total. The highest BCUT2D eigenvalue weighted by Crippen LogP contribution is 2.32. The summed E-state index contributed by atoms with van der Waals surface area (Å²) in [5, 5.41) is 2.82. The standard InChI is InChI=1S/C16H26N2O2/c19-15-9-8-14(17-15)16(20)18-10-4-7-13(18)11-12-5-2-1-3-6-12/h12-14H,1-11H2,(H,17,19)/t13-,14-/m0/s1. The number of carbonyl (C=O) groups excluding carboxylic acids is 2. The molecule has 2 amide bonds. The predicted octanol–water partition coefficient (Wildman–Crippen LogP) is 2.23. The molecule has 0 aromatic carbocycles. The summed E-state index contributed by atoms with van der Waals surface area (Å²) in [6.07, 6.45) is 11.5. The number of nitrogens with zero attached hydrogens (tertiary/aromatic N) is 1. The van der Waals surface area contributed by atoms with Gasteiger partial charge in [-0.2, -0.15) is 0 Å². The topological polar surface area (TPSA) is 49.4 Å². The summed E-state index contributed by atoms with van der Waals surface area (Å²) in [5.41, 5.74) is 0. The van der Waals surface area contributed by atoms with Gasteiger partial charge < -0.3 is 10.2 Å². The van der Waals surface area contributed by atoms with Crippen LogP contribution in [-0.2, 0) is 9.59 Å². The zero-order valence-corrected chi connectivity index (χ0v) is 12.3. The average Bonchev–Trinajstić information content (AvgIpc) is 3.08. The third-order valence-corrected chi connectivity index (χ3v) is 5.28. The molecule has 3 fully saturated rings. The number of nitrogens with one attached hydrogen (secondary N) is 1. The van der Waals surface area contributed by atoms with E-state index in [-0.39, 0.29) is 17.9 Å². The van der Waals surface area contributed by atoms with Crippen LogP contribution >= 0.6 is 0 Å². The smallest absolute Gasteiger partial charge is 0.245 e. The molecule has 2 saturated heterocycles. The molecule has 0 aromatic heterocycles. The first-order valence-corrected chi connectivity index (χ1v) is 8.34. The maximum atomic E-state index is 12.6. The van der Waals surface area contributed by atoms with Gasteiger partial charge in [-0.15, -0.1) is 0 Å². The Morgan fingerprint density at radius 3 is 2.60 bits per heavy atom. The molecule has 0 unspecified atom stereocenters. The SMILES string of the molecule is O=C1CC[C@@H](C(=O)N2CCC[C@H]2CC2CCCCC2)N1. The number of hydrogen-bond donors (Lipinski definition) is 1. The molecule has 2 aliphatic heterocycles. The van der Waals surface area contributed by atoms with Crippen molar-refractivity contribution in [1.29, 1.82) is 0 Å². The first-order valence-electron chi connectivity index (χ1n) is 8.34. The lowest BCUT2D eigenvalue weighted by molar-refractivity contribution is -0.135. The lowest BCUT2D eigenvalue weighted by Crippen LogP contribution is -2.47. The number of hydrogen-bond acceptors (Lipinski definition) is 2. The van der Waals surface area contributed by atoms with E-state index in [0.29, 0.717) is 18.9 Å². The minimum absolute atomic E-state index is 0.0337. The van der Waals surface area contributed by atoms with Gasteiger partial charge in [0.2, 0.25) is 11.8 Å². The molecule has 1 saturated carbocycles. The largest absolute Gasteiger partial charge is 0.344 e. The van der Waals surface area contributed by atoms with Crippen LogP contribution in [0.4, 0.5) is 0 Å². The fraction of sp³-hybridized carbons (Fsp3) is 0.875. The summed E-state index contributed by atoms with van der Waals surface area (Å²) in [5.74, 6) is 1.03. The molecule has 1 aliphatic carbocycles. The van der Waals surface area contributed by atoms with Gasteiger partial charge in [0.25, 0.3) is 0 Å². The monoisotopic (exact) mass is 278 g/mol. The van der Waals surface area contributed by atoms with Gasteiger partial charge in [-0.25, -0.2) is 0 Å². The Morgan fingerprint density at radius 2 is 1.90 bits per heavy atom. The third-order valence-electron chi connectivity index (χ3n) is 5.28. The second-order valence-electron chi connectivity index (χ2n) is 6.73. The van der Waals surface area contributed by atoms with Crippen molar-refractivity contribution >= 4 is 11.8 Å². The molecular weight excluding hydrogens is 252 g/mol. The number of amides is 2. The maximum Gasteiger partial charge on any atom is 0.245 e. The summed E-state index contributed by atoms with van der Waals surface area (Å²) in [7, 11) is 0. The zero-order valence-electron chi connectivity index (χ0n) is 12.3. The highest BCUT2D eigenvalue weighted by Gasteiger charge is 2.37. The van der Waals surface area contributed by atoms with Crippen molar-refractivity contribution in [2.45, 2.75) is 76.3 Å². The van der Waals surface area contributed by atoms with Crippen LogP contribution in [0.15, 0.2) is 0 Å². The van der Waals surface area contributed by atoms with Gasteiger partial charge in [-0.3, -0.25) is 9.59 Å². The van der Waals surface area contributed by atoms with Gasteiger partial charge >= 0.3 is 0 Å². The van der Waals surface area contributed by atoms with E-state index in [4.69, 9.17) is 0 Å². The second-order valence-corrected chi connectivity index (χ2v) is 6.73. The normalized spacial score (nSPS) is 31.6. The van der Waals surface area contributed by atoms with E-state index in [1.807, 2.05) is 0 Å². The van der Waals surface area contributed by atoms with Gasteiger partial charge in [-0.05, 0) is 31.6 Å².